The number of rotatable bonds is 3. The van der Waals surface area contributed by atoms with E-state index in [1.54, 1.807) is 43.5 Å². The van der Waals surface area contributed by atoms with Gasteiger partial charge in [0.15, 0.2) is 0 Å². The van der Waals surface area contributed by atoms with Crippen molar-refractivity contribution in [1.82, 2.24) is 0 Å². The van der Waals surface area contributed by atoms with Gasteiger partial charge in [-0.15, -0.1) is 11.3 Å². The van der Waals surface area contributed by atoms with Crippen LogP contribution in [0.25, 0.3) is 10.1 Å². The highest BCUT2D eigenvalue weighted by Crippen LogP contribution is 2.28. The van der Waals surface area contributed by atoms with Crippen LogP contribution >= 0.6 is 11.3 Å². The number of benzene rings is 2. The molecule has 0 amide bonds. The highest BCUT2D eigenvalue weighted by molar-refractivity contribution is 7.21. The molecule has 20 heavy (non-hydrogen) atoms. The maximum Gasteiger partial charge on any atom is 0.203 e. The van der Waals surface area contributed by atoms with Crippen LogP contribution in [0, 0.1) is 5.82 Å². The van der Waals surface area contributed by atoms with Crippen molar-refractivity contribution in [3.63, 3.8) is 0 Å². The van der Waals surface area contributed by atoms with E-state index in [1.807, 2.05) is 0 Å². The van der Waals surface area contributed by atoms with Crippen molar-refractivity contribution in [1.29, 1.82) is 0 Å². The van der Waals surface area contributed by atoms with Crippen molar-refractivity contribution >= 4 is 27.2 Å². The lowest BCUT2D eigenvalue weighted by atomic mass is 10.1. The molecule has 0 bridgehead atoms. The standard InChI is InChI=1S/C16H11FO2S/c1-19-13-4-2-3-10(8-13)16(18)15-9-11-7-12(17)5-6-14(11)20-15/h2-9H,1H3. The smallest absolute Gasteiger partial charge is 0.203 e. The fourth-order valence-corrected chi connectivity index (χ4v) is 3.04. The maximum atomic E-state index is 13.2. The number of hydrogen-bond donors (Lipinski definition) is 0. The second kappa shape index (κ2) is 5.06. The minimum absolute atomic E-state index is 0.0782. The van der Waals surface area contributed by atoms with E-state index in [2.05, 4.69) is 0 Å². The Morgan fingerprint density at radius 2 is 2.00 bits per heavy atom. The summed E-state index contributed by atoms with van der Waals surface area (Å²) in [4.78, 5) is 13.0. The predicted molar refractivity (Wildman–Crippen MR) is 78.2 cm³/mol. The van der Waals surface area contributed by atoms with Crippen molar-refractivity contribution in [3.05, 3.63) is 64.8 Å². The number of ether oxygens (including phenoxy) is 1. The largest absolute Gasteiger partial charge is 0.497 e. The highest BCUT2D eigenvalue weighted by Gasteiger charge is 2.13. The van der Waals surface area contributed by atoms with Crippen molar-refractivity contribution < 1.29 is 13.9 Å². The first-order valence-corrected chi connectivity index (χ1v) is 6.87. The number of halogens is 1. The van der Waals surface area contributed by atoms with Gasteiger partial charge in [0.05, 0.1) is 12.0 Å². The summed E-state index contributed by atoms with van der Waals surface area (Å²) in [5.74, 6) is 0.268. The summed E-state index contributed by atoms with van der Waals surface area (Å²) >= 11 is 1.37. The molecule has 0 N–H and O–H groups in total. The van der Waals surface area contributed by atoms with Crippen LogP contribution in [0.4, 0.5) is 4.39 Å². The fraction of sp³-hybridized carbons (Fsp3) is 0.0625. The molecule has 1 heterocycles. The van der Waals surface area contributed by atoms with Crippen LogP contribution in [0.5, 0.6) is 5.75 Å². The van der Waals surface area contributed by atoms with Crippen LogP contribution in [-0.2, 0) is 0 Å². The minimum atomic E-state index is -0.296. The van der Waals surface area contributed by atoms with Gasteiger partial charge in [0.1, 0.15) is 11.6 Å². The van der Waals surface area contributed by atoms with Gasteiger partial charge in [-0.1, -0.05) is 12.1 Å². The summed E-state index contributed by atoms with van der Waals surface area (Å²) in [5, 5.41) is 0.751. The molecular weight excluding hydrogens is 275 g/mol. The average Bonchev–Trinajstić information content (AvgIpc) is 2.89. The molecule has 0 spiro atoms. The monoisotopic (exact) mass is 286 g/mol. The Kier molecular flexibility index (Phi) is 3.24. The van der Waals surface area contributed by atoms with Crippen LogP contribution in [0.2, 0.25) is 0 Å². The molecular formula is C16H11FO2S. The van der Waals surface area contributed by atoms with Crippen LogP contribution < -0.4 is 4.74 Å². The quantitative estimate of drug-likeness (QED) is 0.672. The van der Waals surface area contributed by atoms with Gasteiger partial charge in [0.25, 0.3) is 0 Å². The number of carbonyl (C=O) groups is 1. The van der Waals surface area contributed by atoms with E-state index in [0.29, 0.717) is 16.2 Å². The van der Waals surface area contributed by atoms with Gasteiger partial charge >= 0.3 is 0 Å². The molecule has 0 atom stereocenters. The molecule has 0 aliphatic rings. The van der Waals surface area contributed by atoms with Crippen LogP contribution in [-0.4, -0.2) is 12.9 Å². The molecule has 4 heteroatoms. The van der Waals surface area contributed by atoms with Crippen LogP contribution in [0.15, 0.2) is 48.5 Å². The molecule has 0 aliphatic heterocycles. The number of fused-ring (bicyclic) bond motifs is 1. The molecule has 0 aliphatic carbocycles. The summed E-state index contributed by atoms with van der Waals surface area (Å²) in [7, 11) is 1.56. The zero-order valence-electron chi connectivity index (χ0n) is 10.7. The molecule has 0 radical (unpaired) electrons. The molecule has 2 nitrogen and oxygen atoms in total. The minimum Gasteiger partial charge on any atom is -0.497 e. The third kappa shape index (κ3) is 2.30. The van der Waals surface area contributed by atoms with Crippen molar-refractivity contribution in [2.24, 2.45) is 0 Å². The van der Waals surface area contributed by atoms with E-state index in [1.165, 1.54) is 23.5 Å². The summed E-state index contributed by atoms with van der Waals surface area (Å²) in [6.07, 6.45) is 0. The molecule has 3 aromatic rings. The summed E-state index contributed by atoms with van der Waals surface area (Å²) in [6, 6.07) is 13.3. The Bertz CT molecular complexity index is 792. The number of ketones is 1. The van der Waals surface area contributed by atoms with E-state index < -0.39 is 0 Å². The normalized spacial score (nSPS) is 10.7. The Labute approximate surface area is 119 Å². The molecule has 3 rings (SSSR count). The SMILES string of the molecule is COc1cccc(C(=O)c2cc3cc(F)ccc3s2)c1. The van der Waals surface area contributed by atoms with E-state index in [0.717, 1.165) is 10.1 Å². The Hall–Kier alpha value is -2.20. The summed E-state index contributed by atoms with van der Waals surface area (Å²) < 4.78 is 19.2. The Balaban J connectivity index is 2.03. The predicted octanol–water partition coefficient (Wildman–Crippen LogP) is 4.28. The third-order valence-electron chi connectivity index (χ3n) is 3.03. The molecule has 2 aromatic carbocycles. The van der Waals surface area contributed by atoms with Crippen molar-refractivity contribution in [2.45, 2.75) is 0 Å². The average molecular weight is 286 g/mol. The lowest BCUT2D eigenvalue weighted by Crippen LogP contribution is -1.98. The van der Waals surface area contributed by atoms with Crippen molar-refractivity contribution in [2.75, 3.05) is 7.11 Å². The number of carbonyl (C=O) groups excluding carboxylic acids is 1. The molecule has 0 fully saturated rings. The first-order valence-electron chi connectivity index (χ1n) is 6.05. The summed E-state index contributed by atoms with van der Waals surface area (Å²) in [5.41, 5.74) is 0.566. The van der Waals surface area contributed by atoms with Crippen LogP contribution in [0.3, 0.4) is 0 Å². The molecule has 100 valence electrons. The van der Waals surface area contributed by atoms with Gasteiger partial charge in [-0.2, -0.15) is 0 Å². The van der Waals surface area contributed by atoms with Gasteiger partial charge in [0.2, 0.25) is 5.78 Å². The molecule has 0 saturated heterocycles. The maximum absolute atomic E-state index is 13.2. The van der Waals surface area contributed by atoms with Gasteiger partial charge in [-0.25, -0.2) is 4.39 Å². The topological polar surface area (TPSA) is 26.3 Å². The van der Waals surface area contributed by atoms with E-state index >= 15 is 0 Å². The van der Waals surface area contributed by atoms with Gasteiger partial charge in [-0.3, -0.25) is 4.79 Å². The molecule has 0 saturated carbocycles. The van der Waals surface area contributed by atoms with E-state index in [4.69, 9.17) is 4.74 Å². The van der Waals surface area contributed by atoms with E-state index in [-0.39, 0.29) is 11.6 Å². The van der Waals surface area contributed by atoms with Gasteiger partial charge in [0, 0.05) is 10.3 Å². The first-order chi connectivity index (χ1) is 9.67. The lowest BCUT2D eigenvalue weighted by Gasteiger charge is -2.02. The molecule has 0 unspecified atom stereocenters. The third-order valence-corrected chi connectivity index (χ3v) is 4.15. The number of thiophene rings is 1. The fourth-order valence-electron chi connectivity index (χ4n) is 2.03. The number of hydrogen-bond acceptors (Lipinski definition) is 3. The Morgan fingerprint density at radius 1 is 1.15 bits per heavy atom. The first kappa shape index (κ1) is 12.8. The second-order valence-corrected chi connectivity index (χ2v) is 5.44. The Morgan fingerprint density at radius 3 is 2.80 bits per heavy atom. The highest BCUT2D eigenvalue weighted by atomic mass is 32.1. The summed E-state index contributed by atoms with van der Waals surface area (Å²) in [6.45, 7) is 0. The van der Waals surface area contributed by atoms with Gasteiger partial charge in [-0.05, 0) is 41.8 Å². The van der Waals surface area contributed by atoms with Gasteiger partial charge < -0.3 is 4.74 Å². The zero-order chi connectivity index (χ0) is 14.1. The van der Waals surface area contributed by atoms with Crippen molar-refractivity contribution in [3.8, 4) is 5.75 Å². The zero-order valence-corrected chi connectivity index (χ0v) is 11.5. The van der Waals surface area contributed by atoms with E-state index in [9.17, 15) is 9.18 Å². The lowest BCUT2D eigenvalue weighted by molar-refractivity contribution is 0.104. The van der Waals surface area contributed by atoms with Crippen LogP contribution in [0.1, 0.15) is 15.2 Å². The number of methoxy groups -OCH3 is 1. The molecule has 1 aromatic heterocycles. The second-order valence-electron chi connectivity index (χ2n) is 4.35.